The molecule has 0 aromatic rings. The van der Waals surface area contributed by atoms with Crippen molar-refractivity contribution in [1.82, 2.24) is 5.32 Å². The maximum absolute atomic E-state index is 11.3. The zero-order valence-electron chi connectivity index (χ0n) is 8.42. The van der Waals surface area contributed by atoms with Crippen molar-refractivity contribution in [2.75, 3.05) is 19.8 Å². The van der Waals surface area contributed by atoms with Crippen LogP contribution < -0.4 is 5.32 Å². The molecule has 0 radical (unpaired) electrons. The van der Waals surface area contributed by atoms with Crippen molar-refractivity contribution in [3.8, 4) is 0 Å². The minimum atomic E-state index is -0.349. The van der Waals surface area contributed by atoms with Crippen molar-refractivity contribution >= 4 is 12.2 Å². The van der Waals surface area contributed by atoms with Crippen LogP contribution in [-0.4, -0.2) is 32.0 Å². The molecular formula is C9H17NO3. The maximum Gasteiger partial charge on any atom is 0.207 e. The lowest BCUT2D eigenvalue weighted by molar-refractivity contribution is -0.130. The minimum Gasteiger partial charge on any atom is -0.372 e. The van der Waals surface area contributed by atoms with Gasteiger partial charge < -0.3 is 10.1 Å². The third-order valence-corrected chi connectivity index (χ3v) is 1.54. The molecule has 0 saturated heterocycles. The highest BCUT2D eigenvalue weighted by molar-refractivity contribution is 5.84. The first-order valence-electron chi connectivity index (χ1n) is 4.26. The van der Waals surface area contributed by atoms with Gasteiger partial charge in [0, 0.05) is 12.0 Å². The van der Waals surface area contributed by atoms with Crippen LogP contribution in [-0.2, 0) is 14.3 Å². The van der Waals surface area contributed by atoms with Gasteiger partial charge in [-0.3, -0.25) is 9.59 Å². The topological polar surface area (TPSA) is 55.4 Å². The van der Waals surface area contributed by atoms with Gasteiger partial charge in [-0.1, -0.05) is 20.8 Å². The summed E-state index contributed by atoms with van der Waals surface area (Å²) in [7, 11) is 0. The van der Waals surface area contributed by atoms with E-state index in [9.17, 15) is 9.59 Å². The molecule has 4 heteroatoms. The van der Waals surface area contributed by atoms with Crippen molar-refractivity contribution in [2.45, 2.75) is 20.8 Å². The molecule has 0 atom stereocenters. The van der Waals surface area contributed by atoms with Crippen LogP contribution >= 0.6 is 0 Å². The van der Waals surface area contributed by atoms with Crippen molar-refractivity contribution < 1.29 is 14.3 Å². The van der Waals surface area contributed by atoms with Crippen LogP contribution in [0.15, 0.2) is 0 Å². The molecule has 0 rings (SSSR count). The van der Waals surface area contributed by atoms with Crippen molar-refractivity contribution in [2.24, 2.45) is 5.41 Å². The second-order valence-electron chi connectivity index (χ2n) is 3.80. The predicted octanol–water partition coefficient (Wildman–Crippen LogP) is 0.364. The number of amides is 1. The van der Waals surface area contributed by atoms with E-state index >= 15 is 0 Å². The number of nitrogens with one attached hydrogen (secondary N) is 1. The van der Waals surface area contributed by atoms with Crippen LogP contribution in [0.1, 0.15) is 20.8 Å². The van der Waals surface area contributed by atoms with Gasteiger partial charge in [0.2, 0.25) is 6.41 Å². The molecule has 0 spiro atoms. The molecule has 0 fully saturated rings. The predicted molar refractivity (Wildman–Crippen MR) is 49.3 cm³/mol. The van der Waals surface area contributed by atoms with Gasteiger partial charge in [0.25, 0.3) is 0 Å². The molecule has 13 heavy (non-hydrogen) atoms. The van der Waals surface area contributed by atoms with Crippen LogP contribution in [0.4, 0.5) is 0 Å². The second kappa shape index (κ2) is 5.70. The number of carbonyl (C=O) groups is 2. The zero-order valence-corrected chi connectivity index (χ0v) is 8.42. The van der Waals surface area contributed by atoms with E-state index in [1.54, 1.807) is 0 Å². The molecule has 0 aliphatic rings. The fourth-order valence-corrected chi connectivity index (χ4v) is 0.571. The van der Waals surface area contributed by atoms with Gasteiger partial charge in [-0.05, 0) is 0 Å². The normalized spacial score (nSPS) is 11.0. The third-order valence-electron chi connectivity index (χ3n) is 1.54. The van der Waals surface area contributed by atoms with E-state index < -0.39 is 0 Å². The van der Waals surface area contributed by atoms with Crippen molar-refractivity contribution in [3.05, 3.63) is 0 Å². The Morgan fingerprint density at radius 1 is 1.46 bits per heavy atom. The quantitative estimate of drug-likeness (QED) is 0.482. The molecular weight excluding hydrogens is 170 g/mol. The fraction of sp³-hybridized carbons (Fsp3) is 0.778. The number of Topliss-reactive ketones (excluding diaryl/α,β-unsaturated/α-hetero) is 1. The summed E-state index contributed by atoms with van der Waals surface area (Å²) in [6.45, 7) is 6.48. The lowest BCUT2D eigenvalue weighted by Crippen LogP contribution is -2.27. The fourth-order valence-electron chi connectivity index (χ4n) is 0.571. The van der Waals surface area contributed by atoms with E-state index in [1.807, 2.05) is 20.8 Å². The van der Waals surface area contributed by atoms with Crippen LogP contribution in [0.3, 0.4) is 0 Å². The SMILES string of the molecule is CC(C)(C)C(=O)COCCNC=O. The number of carbonyl (C=O) groups excluding carboxylic acids is 2. The summed E-state index contributed by atoms with van der Waals surface area (Å²) in [6.07, 6.45) is 0.606. The molecule has 1 amide bonds. The van der Waals surface area contributed by atoms with Crippen LogP contribution in [0.5, 0.6) is 0 Å². The monoisotopic (exact) mass is 187 g/mol. The Bertz CT molecular complexity index is 172. The van der Waals surface area contributed by atoms with Gasteiger partial charge in [-0.2, -0.15) is 0 Å². The van der Waals surface area contributed by atoms with Gasteiger partial charge in [-0.25, -0.2) is 0 Å². The lowest BCUT2D eigenvalue weighted by Gasteiger charge is -2.16. The molecule has 0 unspecified atom stereocenters. The summed E-state index contributed by atoms with van der Waals surface area (Å²) < 4.78 is 5.05. The van der Waals surface area contributed by atoms with E-state index in [0.717, 1.165) is 0 Å². The molecule has 0 saturated carbocycles. The second-order valence-corrected chi connectivity index (χ2v) is 3.80. The largest absolute Gasteiger partial charge is 0.372 e. The van der Waals surface area contributed by atoms with Gasteiger partial charge in [0.15, 0.2) is 5.78 Å². The summed E-state index contributed by atoms with van der Waals surface area (Å²) >= 11 is 0. The summed E-state index contributed by atoms with van der Waals surface area (Å²) in [5, 5.41) is 2.44. The highest BCUT2D eigenvalue weighted by atomic mass is 16.5. The van der Waals surface area contributed by atoms with Gasteiger partial charge in [0.1, 0.15) is 6.61 Å². The number of ether oxygens (including phenoxy) is 1. The maximum atomic E-state index is 11.3. The Hall–Kier alpha value is -0.900. The van der Waals surface area contributed by atoms with Crippen LogP contribution in [0.25, 0.3) is 0 Å². The smallest absolute Gasteiger partial charge is 0.207 e. The Morgan fingerprint density at radius 3 is 2.54 bits per heavy atom. The number of hydrogen-bond acceptors (Lipinski definition) is 3. The Kier molecular flexibility index (Phi) is 5.30. The third kappa shape index (κ3) is 6.28. The van der Waals surface area contributed by atoms with Crippen molar-refractivity contribution in [3.63, 3.8) is 0 Å². The summed E-state index contributed by atoms with van der Waals surface area (Å²) in [5.41, 5.74) is -0.349. The highest BCUT2D eigenvalue weighted by Gasteiger charge is 2.20. The van der Waals surface area contributed by atoms with Gasteiger partial charge in [-0.15, -0.1) is 0 Å². The highest BCUT2D eigenvalue weighted by Crippen LogP contribution is 2.13. The standard InChI is InChI=1S/C9H17NO3/c1-9(2,3)8(12)6-13-5-4-10-7-11/h7H,4-6H2,1-3H3,(H,10,11). The van der Waals surface area contributed by atoms with E-state index in [4.69, 9.17) is 4.74 Å². The summed E-state index contributed by atoms with van der Waals surface area (Å²) in [6, 6.07) is 0. The van der Waals surface area contributed by atoms with E-state index in [1.165, 1.54) is 0 Å². The molecule has 0 aromatic heterocycles. The first-order chi connectivity index (χ1) is 5.98. The molecule has 76 valence electrons. The minimum absolute atomic E-state index is 0.0682. The number of rotatable bonds is 6. The van der Waals surface area contributed by atoms with Gasteiger partial charge in [0.05, 0.1) is 6.61 Å². The average molecular weight is 187 g/mol. The molecule has 0 bridgehead atoms. The van der Waals surface area contributed by atoms with Gasteiger partial charge >= 0.3 is 0 Å². The molecule has 0 aliphatic carbocycles. The molecule has 4 nitrogen and oxygen atoms in total. The van der Waals surface area contributed by atoms with E-state index in [2.05, 4.69) is 5.32 Å². The zero-order chi connectivity index (χ0) is 10.3. The Morgan fingerprint density at radius 2 is 2.08 bits per heavy atom. The lowest BCUT2D eigenvalue weighted by atomic mass is 9.91. The van der Waals surface area contributed by atoms with E-state index in [-0.39, 0.29) is 17.8 Å². The first kappa shape index (κ1) is 12.1. The number of hydrogen-bond donors (Lipinski definition) is 1. The Balaban J connectivity index is 3.43. The van der Waals surface area contributed by atoms with E-state index in [0.29, 0.717) is 19.6 Å². The van der Waals surface area contributed by atoms with Crippen molar-refractivity contribution in [1.29, 1.82) is 0 Å². The molecule has 0 aliphatic heterocycles. The molecule has 1 N–H and O–H groups in total. The van der Waals surface area contributed by atoms with Crippen LogP contribution in [0, 0.1) is 5.41 Å². The average Bonchev–Trinajstić information content (AvgIpc) is 2.02. The van der Waals surface area contributed by atoms with Crippen LogP contribution in [0.2, 0.25) is 0 Å². The number of ketones is 1. The molecule has 0 aromatic carbocycles. The summed E-state index contributed by atoms with van der Waals surface area (Å²) in [5.74, 6) is 0.0682. The Labute approximate surface area is 78.6 Å². The molecule has 0 heterocycles. The summed E-state index contributed by atoms with van der Waals surface area (Å²) in [4.78, 5) is 21.1. The first-order valence-corrected chi connectivity index (χ1v) is 4.26.